The third-order valence-corrected chi connectivity index (χ3v) is 4.46. The summed E-state index contributed by atoms with van der Waals surface area (Å²) in [7, 11) is 0. The van der Waals surface area contributed by atoms with E-state index < -0.39 is 60.4 Å². The number of rotatable bonds is 8. The highest BCUT2D eigenvalue weighted by atomic mass is 19.4. The number of alkyl halides is 6. The van der Waals surface area contributed by atoms with Crippen molar-refractivity contribution in [3.63, 3.8) is 0 Å². The smallest absolute Gasteiger partial charge is 0.434 e. The van der Waals surface area contributed by atoms with Crippen molar-refractivity contribution in [1.82, 2.24) is 0 Å². The van der Waals surface area contributed by atoms with Gasteiger partial charge in [0.2, 0.25) is 6.79 Å². The average Bonchev–Trinajstić information content (AvgIpc) is 2.48. The molecule has 0 bridgehead atoms. The molecule has 0 radical (unpaired) electrons. The normalized spacial score (nSPS) is 15.0. The number of halogens is 6. The molecule has 0 amide bonds. The van der Waals surface area contributed by atoms with Crippen molar-refractivity contribution in [1.29, 1.82) is 0 Å². The van der Waals surface area contributed by atoms with E-state index in [0.29, 0.717) is 6.42 Å². The molecule has 0 rings (SSSR count). The van der Waals surface area contributed by atoms with E-state index in [1.807, 2.05) is 13.8 Å². The van der Waals surface area contributed by atoms with Gasteiger partial charge in [-0.1, -0.05) is 34.6 Å². The Bertz CT molecular complexity index is 606. The monoisotopic (exact) mass is 452 g/mol. The molecule has 0 aliphatic heterocycles. The van der Waals surface area contributed by atoms with E-state index >= 15 is 0 Å². The molecular formula is C18H26F6O6. The van der Waals surface area contributed by atoms with Crippen LogP contribution in [0.25, 0.3) is 0 Å². The highest BCUT2D eigenvalue weighted by Crippen LogP contribution is 2.44. The fourth-order valence-corrected chi connectivity index (χ4v) is 2.48. The molecule has 1 unspecified atom stereocenters. The zero-order chi connectivity index (χ0) is 24.1. The Morgan fingerprint density at radius 3 is 1.63 bits per heavy atom. The summed E-state index contributed by atoms with van der Waals surface area (Å²) in [6.45, 7) is 9.87. The Morgan fingerprint density at radius 2 is 1.27 bits per heavy atom. The van der Waals surface area contributed by atoms with E-state index in [1.54, 1.807) is 27.7 Å². The van der Waals surface area contributed by atoms with Crippen LogP contribution in [0.2, 0.25) is 0 Å². The van der Waals surface area contributed by atoms with Crippen molar-refractivity contribution >= 4 is 17.9 Å². The number of esters is 3. The molecule has 30 heavy (non-hydrogen) atoms. The van der Waals surface area contributed by atoms with Crippen molar-refractivity contribution in [2.24, 2.45) is 16.7 Å². The number of carbonyl (C=O) groups is 3. The zero-order valence-corrected chi connectivity index (χ0v) is 17.5. The molecule has 0 fully saturated rings. The number of hydrogen-bond donors (Lipinski definition) is 0. The van der Waals surface area contributed by atoms with Crippen LogP contribution in [0.15, 0.2) is 0 Å². The molecule has 0 N–H and O–H groups in total. The zero-order valence-electron chi connectivity index (χ0n) is 17.5. The highest BCUT2D eigenvalue weighted by Gasteiger charge is 2.60. The van der Waals surface area contributed by atoms with Gasteiger partial charge < -0.3 is 14.2 Å². The molecule has 0 saturated carbocycles. The minimum absolute atomic E-state index is 0.120. The highest BCUT2D eigenvalue weighted by molar-refractivity contribution is 5.91. The van der Waals surface area contributed by atoms with Crippen LogP contribution in [0.4, 0.5) is 26.3 Å². The largest absolute Gasteiger partial charge is 0.442 e. The molecule has 0 aliphatic rings. The second-order valence-corrected chi connectivity index (χ2v) is 8.38. The first-order chi connectivity index (χ1) is 13.2. The van der Waals surface area contributed by atoms with Crippen LogP contribution in [-0.2, 0) is 28.6 Å². The van der Waals surface area contributed by atoms with Gasteiger partial charge in [0.15, 0.2) is 0 Å². The lowest BCUT2D eigenvalue weighted by atomic mass is 9.64. The summed E-state index contributed by atoms with van der Waals surface area (Å²) in [5.41, 5.74) is -1.51. The number of carbonyl (C=O) groups excluding carboxylic acids is 3. The Kier molecular flexibility index (Phi) is 9.20. The second-order valence-electron chi connectivity index (χ2n) is 8.38. The van der Waals surface area contributed by atoms with Gasteiger partial charge in [-0.15, -0.1) is 0 Å². The van der Waals surface area contributed by atoms with E-state index in [4.69, 9.17) is 4.74 Å². The van der Waals surface area contributed by atoms with E-state index in [1.165, 1.54) is 0 Å². The lowest BCUT2D eigenvalue weighted by Crippen LogP contribution is -2.45. The van der Waals surface area contributed by atoms with Gasteiger partial charge in [0.25, 0.3) is 6.10 Å². The quantitative estimate of drug-likeness (QED) is 0.233. The van der Waals surface area contributed by atoms with Crippen LogP contribution >= 0.6 is 0 Å². The maximum Gasteiger partial charge on any atom is 0.434 e. The van der Waals surface area contributed by atoms with Crippen molar-refractivity contribution in [2.75, 3.05) is 6.79 Å². The summed E-state index contributed by atoms with van der Waals surface area (Å²) in [4.78, 5) is 35.2. The van der Waals surface area contributed by atoms with Crippen molar-refractivity contribution in [3.8, 4) is 0 Å². The molecule has 0 aromatic carbocycles. The number of hydrogen-bond acceptors (Lipinski definition) is 6. The molecule has 0 aromatic heterocycles. The van der Waals surface area contributed by atoms with Crippen molar-refractivity contribution in [2.45, 2.75) is 72.8 Å². The Hall–Kier alpha value is -2.01. The predicted octanol–water partition coefficient (Wildman–Crippen LogP) is 4.56. The van der Waals surface area contributed by atoms with Gasteiger partial charge >= 0.3 is 30.3 Å². The first kappa shape index (κ1) is 28.0. The topological polar surface area (TPSA) is 78.9 Å². The summed E-state index contributed by atoms with van der Waals surface area (Å²) in [6.07, 6.45) is -17.3. The lowest BCUT2D eigenvalue weighted by molar-refractivity contribution is -0.313. The molecule has 0 heterocycles. The van der Waals surface area contributed by atoms with Crippen LogP contribution in [0.1, 0.15) is 54.4 Å². The lowest BCUT2D eigenvalue weighted by Gasteiger charge is -2.40. The fraction of sp³-hybridized carbons (Fsp3) is 0.833. The summed E-state index contributed by atoms with van der Waals surface area (Å²) in [5, 5.41) is 0. The van der Waals surface area contributed by atoms with Crippen LogP contribution in [0, 0.1) is 16.7 Å². The van der Waals surface area contributed by atoms with Gasteiger partial charge in [-0.3, -0.25) is 14.4 Å². The van der Waals surface area contributed by atoms with Gasteiger partial charge in [-0.05, 0) is 24.7 Å². The first-order valence-electron chi connectivity index (χ1n) is 8.87. The van der Waals surface area contributed by atoms with Gasteiger partial charge in [-0.25, -0.2) is 0 Å². The average molecular weight is 452 g/mol. The van der Waals surface area contributed by atoms with Gasteiger partial charge in [-0.2, -0.15) is 26.3 Å². The second kappa shape index (κ2) is 9.86. The molecule has 0 spiro atoms. The van der Waals surface area contributed by atoms with Crippen LogP contribution in [0.3, 0.4) is 0 Å². The Balaban J connectivity index is 4.82. The molecule has 6 nitrogen and oxygen atoms in total. The molecular weight excluding hydrogens is 426 g/mol. The summed E-state index contributed by atoms with van der Waals surface area (Å²) in [5.74, 6) is -4.20. The minimum Gasteiger partial charge on any atom is -0.442 e. The third-order valence-electron chi connectivity index (χ3n) is 4.46. The van der Waals surface area contributed by atoms with Gasteiger partial charge in [0, 0.05) is 0 Å². The van der Waals surface area contributed by atoms with Crippen molar-refractivity contribution < 1.29 is 54.9 Å². The molecule has 176 valence electrons. The maximum atomic E-state index is 12.5. The summed E-state index contributed by atoms with van der Waals surface area (Å²) < 4.78 is 86.6. The summed E-state index contributed by atoms with van der Waals surface area (Å²) in [6, 6.07) is 0. The summed E-state index contributed by atoms with van der Waals surface area (Å²) >= 11 is 0. The molecule has 1 atom stereocenters. The Morgan fingerprint density at radius 1 is 0.800 bits per heavy atom. The molecule has 0 saturated heterocycles. The first-order valence-corrected chi connectivity index (χ1v) is 8.87. The van der Waals surface area contributed by atoms with E-state index in [9.17, 15) is 40.7 Å². The van der Waals surface area contributed by atoms with Crippen molar-refractivity contribution in [3.05, 3.63) is 0 Å². The Labute approximate surface area is 170 Å². The van der Waals surface area contributed by atoms with Gasteiger partial charge in [0.1, 0.15) is 6.42 Å². The SMILES string of the molecule is CC(C)CC(C)(C(=O)OCOC(=O)CC(=O)OC(C(F)(F)F)C(F)(F)F)C(C)(C)C. The van der Waals surface area contributed by atoms with E-state index in [0.717, 1.165) is 0 Å². The van der Waals surface area contributed by atoms with E-state index in [2.05, 4.69) is 9.47 Å². The molecule has 0 aromatic rings. The fourth-order valence-electron chi connectivity index (χ4n) is 2.48. The van der Waals surface area contributed by atoms with Crippen LogP contribution in [-0.4, -0.2) is 43.2 Å². The molecule has 12 heteroatoms. The van der Waals surface area contributed by atoms with E-state index in [-0.39, 0.29) is 5.92 Å². The van der Waals surface area contributed by atoms with Crippen LogP contribution < -0.4 is 0 Å². The molecule has 0 aliphatic carbocycles. The van der Waals surface area contributed by atoms with Gasteiger partial charge in [0.05, 0.1) is 5.41 Å². The van der Waals surface area contributed by atoms with Crippen LogP contribution in [0.5, 0.6) is 0 Å². The maximum absolute atomic E-state index is 12.5. The number of ether oxygens (including phenoxy) is 3. The third kappa shape index (κ3) is 8.39. The standard InChI is InChI=1S/C18H26F6O6/c1-10(2)8-16(6,15(3,4)5)14(27)29-9-28-11(25)7-12(26)30-13(17(19,20)21)18(22,23)24/h10,13H,7-9H2,1-6H3. The predicted molar refractivity (Wildman–Crippen MR) is 90.7 cm³/mol. The minimum atomic E-state index is -5.90.